The van der Waals surface area contributed by atoms with Crippen molar-refractivity contribution in [2.75, 3.05) is 24.0 Å². The minimum absolute atomic E-state index is 0.132. The summed E-state index contributed by atoms with van der Waals surface area (Å²) < 4.78 is 10.5. The molecule has 31 heavy (non-hydrogen) atoms. The van der Waals surface area contributed by atoms with E-state index in [-0.39, 0.29) is 23.6 Å². The summed E-state index contributed by atoms with van der Waals surface area (Å²) in [6.07, 6.45) is 3.86. The zero-order valence-electron chi connectivity index (χ0n) is 17.4. The van der Waals surface area contributed by atoms with E-state index in [9.17, 15) is 14.4 Å². The quantitative estimate of drug-likeness (QED) is 0.711. The molecule has 7 nitrogen and oxygen atoms in total. The Hall–Kier alpha value is -3.61. The number of ketones is 1. The first-order chi connectivity index (χ1) is 15.0. The van der Waals surface area contributed by atoms with Crippen LogP contribution in [0, 0.1) is 11.8 Å². The smallest absolute Gasteiger partial charge is 0.240 e. The van der Waals surface area contributed by atoms with Crippen LogP contribution in [0.4, 0.5) is 11.4 Å². The maximum atomic E-state index is 13.5. The Morgan fingerprint density at radius 1 is 0.903 bits per heavy atom. The van der Waals surface area contributed by atoms with Gasteiger partial charge in [0, 0.05) is 11.3 Å². The average molecular weight is 418 g/mol. The van der Waals surface area contributed by atoms with Crippen LogP contribution in [0.5, 0.6) is 11.5 Å². The minimum Gasteiger partial charge on any atom is -0.497 e. The molecule has 0 saturated carbocycles. The van der Waals surface area contributed by atoms with E-state index >= 15 is 0 Å². The number of nitrogens with zero attached hydrogens (tertiary/aromatic N) is 2. The maximum Gasteiger partial charge on any atom is 0.240 e. The fourth-order valence-electron chi connectivity index (χ4n) is 5.12. The van der Waals surface area contributed by atoms with E-state index in [2.05, 4.69) is 0 Å². The van der Waals surface area contributed by atoms with Crippen molar-refractivity contribution >= 4 is 35.0 Å². The number of ether oxygens (including phenoxy) is 2. The summed E-state index contributed by atoms with van der Waals surface area (Å²) in [4.78, 5) is 42.9. The summed E-state index contributed by atoms with van der Waals surface area (Å²) in [6.45, 7) is 1.49. The second kappa shape index (κ2) is 6.97. The van der Waals surface area contributed by atoms with Crippen LogP contribution in [-0.2, 0) is 14.4 Å². The predicted octanol–water partition coefficient (Wildman–Crippen LogP) is 2.68. The van der Waals surface area contributed by atoms with Gasteiger partial charge in [0.05, 0.1) is 37.8 Å². The standard InChI is InChI=1S/C24H22N2O5/c1-13(27)22-21-20(19-10-4-14-12-17(31-3)9-11-18(14)26(19)22)23(28)25(24(21)29)15-5-7-16(30-2)8-6-15/h4-12,19-22H,1-3H3/t19-,20-,21-,22-/m1/s1. The minimum atomic E-state index is -0.727. The summed E-state index contributed by atoms with van der Waals surface area (Å²) in [7, 11) is 3.15. The van der Waals surface area contributed by atoms with Crippen LogP contribution in [0.1, 0.15) is 12.5 Å². The molecule has 3 heterocycles. The van der Waals surface area contributed by atoms with Crippen LogP contribution >= 0.6 is 0 Å². The molecule has 0 bridgehead atoms. The zero-order valence-corrected chi connectivity index (χ0v) is 17.4. The average Bonchev–Trinajstić information content (AvgIpc) is 3.26. The first kappa shape index (κ1) is 19.4. The van der Waals surface area contributed by atoms with Gasteiger partial charge in [0.25, 0.3) is 0 Å². The molecule has 0 aliphatic carbocycles. The first-order valence-electron chi connectivity index (χ1n) is 10.1. The number of amides is 2. The molecule has 2 amide bonds. The van der Waals surface area contributed by atoms with Crippen molar-refractivity contribution in [3.63, 3.8) is 0 Å². The normalized spacial score (nSPS) is 25.9. The lowest BCUT2D eigenvalue weighted by atomic mass is 9.88. The second-order valence-corrected chi connectivity index (χ2v) is 8.00. The number of carbonyl (C=O) groups is 3. The van der Waals surface area contributed by atoms with E-state index in [4.69, 9.17) is 9.47 Å². The van der Waals surface area contributed by atoms with Gasteiger partial charge >= 0.3 is 0 Å². The molecule has 0 aromatic heterocycles. The monoisotopic (exact) mass is 418 g/mol. The van der Waals surface area contributed by atoms with Crippen molar-refractivity contribution in [3.8, 4) is 11.5 Å². The van der Waals surface area contributed by atoms with Crippen molar-refractivity contribution in [1.29, 1.82) is 0 Å². The highest BCUT2D eigenvalue weighted by Gasteiger charge is 2.63. The van der Waals surface area contributed by atoms with Crippen LogP contribution in [-0.4, -0.2) is 43.9 Å². The highest BCUT2D eigenvalue weighted by molar-refractivity contribution is 6.24. The third-order valence-corrected chi connectivity index (χ3v) is 6.46. The summed E-state index contributed by atoms with van der Waals surface area (Å²) in [5, 5.41) is 0. The topological polar surface area (TPSA) is 76.2 Å². The van der Waals surface area contributed by atoms with Gasteiger partial charge in [-0.25, -0.2) is 4.90 Å². The van der Waals surface area contributed by atoms with Crippen LogP contribution in [0.15, 0.2) is 48.5 Å². The van der Waals surface area contributed by atoms with Crippen molar-refractivity contribution in [3.05, 3.63) is 54.1 Å². The third-order valence-electron chi connectivity index (χ3n) is 6.46. The number of hydrogen-bond acceptors (Lipinski definition) is 6. The molecule has 0 N–H and O–H groups in total. The fourth-order valence-corrected chi connectivity index (χ4v) is 5.12. The Labute approximate surface area is 179 Å². The second-order valence-electron chi connectivity index (χ2n) is 8.00. The molecule has 0 spiro atoms. The largest absolute Gasteiger partial charge is 0.497 e. The Morgan fingerprint density at radius 2 is 1.55 bits per heavy atom. The lowest BCUT2D eigenvalue weighted by Gasteiger charge is -2.36. The van der Waals surface area contributed by atoms with Gasteiger partial charge < -0.3 is 14.4 Å². The van der Waals surface area contributed by atoms with E-state index in [1.807, 2.05) is 35.3 Å². The van der Waals surface area contributed by atoms with E-state index < -0.39 is 17.9 Å². The summed E-state index contributed by atoms with van der Waals surface area (Å²) >= 11 is 0. The molecule has 0 radical (unpaired) electrons. The Kier molecular flexibility index (Phi) is 4.36. The zero-order chi connectivity index (χ0) is 21.9. The number of imide groups is 1. The molecular weight excluding hydrogens is 396 g/mol. The van der Waals surface area contributed by atoms with Gasteiger partial charge in [0.15, 0.2) is 5.78 Å². The van der Waals surface area contributed by atoms with Crippen molar-refractivity contribution in [2.45, 2.75) is 19.0 Å². The number of anilines is 2. The predicted molar refractivity (Wildman–Crippen MR) is 115 cm³/mol. The molecule has 0 unspecified atom stereocenters. The number of benzene rings is 2. The summed E-state index contributed by atoms with van der Waals surface area (Å²) in [5.41, 5.74) is 2.22. The van der Waals surface area contributed by atoms with Gasteiger partial charge in [-0.2, -0.15) is 0 Å². The molecule has 4 atom stereocenters. The van der Waals surface area contributed by atoms with Crippen molar-refractivity contribution in [1.82, 2.24) is 0 Å². The van der Waals surface area contributed by atoms with Crippen molar-refractivity contribution < 1.29 is 23.9 Å². The molecule has 2 fully saturated rings. The number of hydrogen-bond donors (Lipinski definition) is 0. The lowest BCUT2D eigenvalue weighted by Crippen LogP contribution is -2.48. The molecule has 2 aromatic rings. The molecular formula is C24H22N2O5. The van der Waals surface area contributed by atoms with Crippen LogP contribution < -0.4 is 19.3 Å². The molecule has 7 heteroatoms. The Balaban J connectivity index is 1.58. The van der Waals surface area contributed by atoms with E-state index in [0.717, 1.165) is 11.3 Å². The van der Waals surface area contributed by atoms with Gasteiger partial charge in [-0.1, -0.05) is 12.2 Å². The number of methoxy groups -OCH3 is 2. The third kappa shape index (κ3) is 2.69. The van der Waals surface area contributed by atoms with Gasteiger partial charge in [0.1, 0.15) is 17.5 Å². The Morgan fingerprint density at radius 3 is 2.19 bits per heavy atom. The van der Waals surface area contributed by atoms with Gasteiger partial charge in [-0.05, 0) is 49.4 Å². The van der Waals surface area contributed by atoms with Crippen LogP contribution in [0.2, 0.25) is 0 Å². The highest BCUT2D eigenvalue weighted by atomic mass is 16.5. The van der Waals surface area contributed by atoms with Crippen molar-refractivity contribution in [2.24, 2.45) is 11.8 Å². The molecule has 3 aliphatic heterocycles. The molecule has 2 saturated heterocycles. The molecule has 5 rings (SSSR count). The molecule has 2 aromatic carbocycles. The maximum absolute atomic E-state index is 13.5. The van der Waals surface area contributed by atoms with E-state index in [1.165, 1.54) is 11.8 Å². The number of fused-ring (bicyclic) bond motifs is 5. The van der Waals surface area contributed by atoms with E-state index in [1.54, 1.807) is 38.5 Å². The number of carbonyl (C=O) groups excluding carboxylic acids is 3. The van der Waals surface area contributed by atoms with Crippen LogP contribution in [0.3, 0.4) is 0 Å². The summed E-state index contributed by atoms with van der Waals surface area (Å²) in [5.74, 6) is -0.743. The van der Waals surface area contributed by atoms with Gasteiger partial charge in [0.2, 0.25) is 11.8 Å². The fraction of sp³-hybridized carbons (Fsp3) is 0.292. The highest BCUT2D eigenvalue weighted by Crippen LogP contribution is 2.49. The van der Waals surface area contributed by atoms with Gasteiger partial charge in [-0.15, -0.1) is 0 Å². The molecule has 3 aliphatic rings. The van der Waals surface area contributed by atoms with E-state index in [0.29, 0.717) is 17.2 Å². The van der Waals surface area contributed by atoms with Crippen LogP contribution in [0.25, 0.3) is 6.08 Å². The summed E-state index contributed by atoms with van der Waals surface area (Å²) in [6, 6.07) is 11.3. The number of Topliss-reactive ketones (excluding diaryl/α,β-unsaturated/α-hetero) is 1. The number of rotatable bonds is 4. The Bertz CT molecular complexity index is 1120. The molecule has 158 valence electrons. The first-order valence-corrected chi connectivity index (χ1v) is 10.1. The van der Waals surface area contributed by atoms with Gasteiger partial charge in [-0.3, -0.25) is 14.4 Å². The SMILES string of the molecule is COc1ccc(N2C(=O)[C@@H]3[C@H](C2=O)[C@H]2C=Cc4cc(OC)ccc4N2[C@@H]3C(C)=O)cc1. The lowest BCUT2D eigenvalue weighted by molar-refractivity contribution is -0.126.